The summed E-state index contributed by atoms with van der Waals surface area (Å²) < 4.78 is 6.27. The smallest absolute Gasteiger partial charge is 0.261 e. The second-order valence-corrected chi connectivity index (χ2v) is 7.36. The highest BCUT2D eigenvalue weighted by Gasteiger charge is 2.15. The number of nitrogens with zero attached hydrogens (tertiary/aromatic N) is 1. The largest absolute Gasteiger partial charge is 0.493 e. The first kappa shape index (κ1) is 22.8. The van der Waals surface area contributed by atoms with Crippen LogP contribution in [0.1, 0.15) is 41.5 Å². The Balaban J connectivity index is 2.03. The highest BCUT2D eigenvalue weighted by atomic mass is 79.9. The van der Waals surface area contributed by atoms with E-state index in [1.54, 1.807) is 47.4 Å². The average molecular weight is 478 g/mol. The van der Waals surface area contributed by atoms with Crippen LogP contribution in [0, 0.1) is 0 Å². The lowest BCUT2D eigenvalue weighted by Gasteiger charge is -2.18. The normalized spacial score (nSPS) is 10.2. The lowest BCUT2D eigenvalue weighted by atomic mass is 10.1. The van der Waals surface area contributed by atoms with Crippen LogP contribution in [-0.2, 0) is 0 Å². The molecular weight excluding hydrogens is 454 g/mol. The number of hydrogen-bond acceptors (Lipinski definition) is 4. The molecule has 154 valence electrons. The molecule has 0 bridgehead atoms. The topological polar surface area (TPSA) is 70.7 Å². The molecule has 2 amide bonds. The fraction of sp³-hybridized carbons (Fsp3) is 0.286. The molecule has 2 N–H and O–H groups in total. The van der Waals surface area contributed by atoms with E-state index in [1.165, 1.54) is 0 Å². The van der Waals surface area contributed by atoms with Gasteiger partial charge in [-0.3, -0.25) is 14.9 Å². The van der Waals surface area contributed by atoms with Crippen LogP contribution in [-0.4, -0.2) is 41.5 Å². The maximum atomic E-state index is 12.6. The molecule has 0 radical (unpaired) electrons. The SMILES string of the molecule is CCOc1ccc(Br)cc1C(=O)NC(=S)Nc1ccc(C(=O)N(CC)CC)cc1. The number of anilines is 1. The summed E-state index contributed by atoms with van der Waals surface area (Å²) in [5, 5.41) is 5.76. The second kappa shape index (κ2) is 10.9. The predicted octanol–water partition coefficient (Wildman–Crippen LogP) is 4.46. The standard InChI is InChI=1S/C21H24BrN3O3S/c1-4-25(5-2)20(27)14-7-10-16(11-8-14)23-21(29)24-19(26)17-13-15(22)9-12-18(17)28-6-3/h7-13H,4-6H2,1-3H3,(H2,23,24,26,29). The third-order valence-corrected chi connectivity index (χ3v) is 4.85. The predicted molar refractivity (Wildman–Crippen MR) is 123 cm³/mol. The summed E-state index contributed by atoms with van der Waals surface area (Å²) in [5.41, 5.74) is 1.65. The van der Waals surface area contributed by atoms with Crippen LogP contribution in [0.15, 0.2) is 46.9 Å². The van der Waals surface area contributed by atoms with E-state index >= 15 is 0 Å². The van der Waals surface area contributed by atoms with E-state index in [2.05, 4.69) is 26.6 Å². The molecule has 0 fully saturated rings. The van der Waals surface area contributed by atoms with Crippen molar-refractivity contribution in [3.63, 3.8) is 0 Å². The van der Waals surface area contributed by atoms with Gasteiger partial charge < -0.3 is 15.0 Å². The summed E-state index contributed by atoms with van der Waals surface area (Å²) in [6.45, 7) is 7.50. The Hall–Kier alpha value is -2.45. The van der Waals surface area contributed by atoms with Gasteiger partial charge in [0.05, 0.1) is 12.2 Å². The van der Waals surface area contributed by atoms with Crippen LogP contribution in [0.5, 0.6) is 5.75 Å². The molecule has 0 aliphatic heterocycles. The number of halogens is 1. The van der Waals surface area contributed by atoms with Gasteiger partial charge in [-0.1, -0.05) is 15.9 Å². The zero-order valence-corrected chi connectivity index (χ0v) is 19.0. The second-order valence-electron chi connectivity index (χ2n) is 6.04. The van der Waals surface area contributed by atoms with Gasteiger partial charge in [-0.05, 0) is 75.5 Å². The molecule has 29 heavy (non-hydrogen) atoms. The Labute approximate surface area is 184 Å². The number of ether oxygens (including phenoxy) is 1. The lowest BCUT2D eigenvalue weighted by Crippen LogP contribution is -2.34. The van der Waals surface area contributed by atoms with Gasteiger partial charge in [0.25, 0.3) is 11.8 Å². The number of benzene rings is 2. The molecule has 2 aromatic carbocycles. The van der Waals surface area contributed by atoms with Crippen molar-refractivity contribution in [1.29, 1.82) is 0 Å². The van der Waals surface area contributed by atoms with Crippen molar-refractivity contribution in [2.45, 2.75) is 20.8 Å². The molecule has 0 heterocycles. The summed E-state index contributed by atoms with van der Waals surface area (Å²) in [7, 11) is 0. The Morgan fingerprint density at radius 1 is 1.07 bits per heavy atom. The molecule has 0 spiro atoms. The maximum absolute atomic E-state index is 12.6. The van der Waals surface area contributed by atoms with Crippen molar-refractivity contribution in [3.8, 4) is 5.75 Å². The fourth-order valence-electron chi connectivity index (χ4n) is 2.68. The van der Waals surface area contributed by atoms with Crippen molar-refractivity contribution < 1.29 is 14.3 Å². The first-order chi connectivity index (χ1) is 13.9. The Bertz CT molecular complexity index is 883. The molecule has 0 aliphatic carbocycles. The number of carbonyl (C=O) groups is 2. The van der Waals surface area contributed by atoms with Crippen molar-refractivity contribution >= 4 is 50.8 Å². The third-order valence-electron chi connectivity index (χ3n) is 4.15. The molecule has 2 aromatic rings. The number of carbonyl (C=O) groups excluding carboxylic acids is 2. The summed E-state index contributed by atoms with van der Waals surface area (Å²) in [5.74, 6) is 0.0892. The maximum Gasteiger partial charge on any atom is 0.261 e. The minimum Gasteiger partial charge on any atom is -0.493 e. The molecule has 0 aromatic heterocycles. The minimum absolute atomic E-state index is 0.0180. The van der Waals surface area contributed by atoms with Gasteiger partial charge in [0.2, 0.25) is 0 Å². The molecule has 0 aliphatic rings. The first-order valence-corrected chi connectivity index (χ1v) is 10.5. The van der Waals surface area contributed by atoms with Crippen molar-refractivity contribution in [1.82, 2.24) is 10.2 Å². The number of amides is 2. The van der Waals surface area contributed by atoms with Crippen LogP contribution in [0.25, 0.3) is 0 Å². The molecule has 0 saturated carbocycles. The Kier molecular flexibility index (Phi) is 8.60. The molecule has 6 nitrogen and oxygen atoms in total. The van der Waals surface area contributed by atoms with Gasteiger partial charge in [0.15, 0.2) is 5.11 Å². The first-order valence-electron chi connectivity index (χ1n) is 9.33. The molecular formula is C21H24BrN3O3S. The molecule has 2 rings (SSSR count). The molecule has 0 atom stereocenters. The molecule has 8 heteroatoms. The monoisotopic (exact) mass is 477 g/mol. The zero-order valence-electron chi connectivity index (χ0n) is 16.6. The number of rotatable bonds is 7. The van der Waals surface area contributed by atoms with Crippen LogP contribution >= 0.6 is 28.1 Å². The van der Waals surface area contributed by atoms with Crippen molar-refractivity contribution in [2.75, 3.05) is 25.0 Å². The van der Waals surface area contributed by atoms with Gasteiger partial charge in [0, 0.05) is 28.8 Å². The Morgan fingerprint density at radius 3 is 2.31 bits per heavy atom. The highest BCUT2D eigenvalue weighted by molar-refractivity contribution is 9.10. The number of nitrogens with one attached hydrogen (secondary N) is 2. The van der Waals surface area contributed by atoms with E-state index in [9.17, 15) is 9.59 Å². The van der Waals surface area contributed by atoms with Gasteiger partial charge in [-0.25, -0.2) is 0 Å². The summed E-state index contributed by atoms with van der Waals surface area (Å²) in [6.07, 6.45) is 0. The highest BCUT2D eigenvalue weighted by Crippen LogP contribution is 2.23. The van der Waals surface area contributed by atoms with E-state index in [0.29, 0.717) is 42.3 Å². The van der Waals surface area contributed by atoms with Crippen molar-refractivity contribution in [3.05, 3.63) is 58.1 Å². The van der Waals surface area contributed by atoms with E-state index in [1.807, 2.05) is 20.8 Å². The van der Waals surface area contributed by atoms with Crippen LogP contribution in [0.2, 0.25) is 0 Å². The van der Waals surface area contributed by atoms with Crippen molar-refractivity contribution in [2.24, 2.45) is 0 Å². The van der Waals surface area contributed by atoms with Gasteiger partial charge in [0.1, 0.15) is 5.75 Å². The number of thiocarbonyl (C=S) groups is 1. The fourth-order valence-corrected chi connectivity index (χ4v) is 3.25. The third kappa shape index (κ3) is 6.27. The van der Waals surface area contributed by atoms with Gasteiger partial charge in [-0.2, -0.15) is 0 Å². The summed E-state index contributed by atoms with van der Waals surface area (Å²) >= 11 is 8.61. The molecule has 0 saturated heterocycles. The molecule has 0 unspecified atom stereocenters. The lowest BCUT2D eigenvalue weighted by molar-refractivity contribution is 0.0772. The summed E-state index contributed by atoms with van der Waals surface area (Å²) in [6, 6.07) is 12.2. The zero-order chi connectivity index (χ0) is 21.4. The Morgan fingerprint density at radius 2 is 1.72 bits per heavy atom. The van der Waals surface area contributed by atoms with Crippen LogP contribution < -0.4 is 15.4 Å². The quantitative estimate of drug-likeness (QED) is 0.576. The van der Waals surface area contributed by atoms with Crippen LogP contribution in [0.3, 0.4) is 0 Å². The van der Waals surface area contributed by atoms with Gasteiger partial charge in [-0.15, -0.1) is 0 Å². The van der Waals surface area contributed by atoms with E-state index in [-0.39, 0.29) is 16.9 Å². The minimum atomic E-state index is -0.374. The van der Waals surface area contributed by atoms with E-state index in [4.69, 9.17) is 17.0 Å². The number of hydrogen-bond donors (Lipinski definition) is 2. The van der Waals surface area contributed by atoms with Gasteiger partial charge >= 0.3 is 0 Å². The van der Waals surface area contributed by atoms with E-state index < -0.39 is 0 Å². The van der Waals surface area contributed by atoms with E-state index in [0.717, 1.165) is 4.47 Å². The van der Waals surface area contributed by atoms with Crippen LogP contribution in [0.4, 0.5) is 5.69 Å². The summed E-state index contributed by atoms with van der Waals surface area (Å²) in [4.78, 5) is 26.7. The average Bonchev–Trinajstić information content (AvgIpc) is 2.70.